The summed E-state index contributed by atoms with van der Waals surface area (Å²) in [6, 6.07) is 0. The van der Waals surface area contributed by atoms with Crippen LogP contribution in [-0.4, -0.2) is 19.3 Å². The van der Waals surface area contributed by atoms with E-state index in [1.54, 1.807) is 0 Å². The molecular weight excluding hydrogens is 198 g/mol. The minimum absolute atomic E-state index is 0.563. The zero-order valence-electron chi connectivity index (χ0n) is 10.9. The molecule has 0 saturated heterocycles. The van der Waals surface area contributed by atoms with Crippen LogP contribution in [0, 0.1) is 5.92 Å². The maximum Gasteiger partial charge on any atom is 0.0577 e. The molecule has 2 unspecified atom stereocenters. The van der Waals surface area contributed by atoms with Crippen LogP contribution in [0.2, 0.25) is 0 Å². The van der Waals surface area contributed by atoms with Gasteiger partial charge < -0.3 is 10.5 Å². The summed E-state index contributed by atoms with van der Waals surface area (Å²) < 4.78 is 5.96. The van der Waals surface area contributed by atoms with Gasteiger partial charge in [-0.25, -0.2) is 0 Å². The summed E-state index contributed by atoms with van der Waals surface area (Å²) in [6.45, 7) is 4.10. The number of rotatable bonds is 8. The Morgan fingerprint density at radius 3 is 2.69 bits per heavy atom. The van der Waals surface area contributed by atoms with Crippen molar-refractivity contribution in [2.45, 2.75) is 70.8 Å². The van der Waals surface area contributed by atoms with Crippen molar-refractivity contribution in [2.75, 3.05) is 13.2 Å². The lowest BCUT2D eigenvalue weighted by Gasteiger charge is -2.28. The number of unbranched alkanes of at least 4 members (excludes halogenated alkanes) is 3. The molecule has 2 heteroatoms. The van der Waals surface area contributed by atoms with Crippen LogP contribution < -0.4 is 5.73 Å². The Hall–Kier alpha value is -0.0800. The molecule has 0 aromatic heterocycles. The fraction of sp³-hybridized carbons (Fsp3) is 1.00. The van der Waals surface area contributed by atoms with Crippen molar-refractivity contribution in [3.63, 3.8) is 0 Å². The second-order valence-electron chi connectivity index (χ2n) is 5.14. The van der Waals surface area contributed by atoms with Gasteiger partial charge in [-0.3, -0.25) is 0 Å². The first-order valence-corrected chi connectivity index (χ1v) is 7.18. The molecule has 96 valence electrons. The highest BCUT2D eigenvalue weighted by molar-refractivity contribution is 4.72. The molecule has 16 heavy (non-hydrogen) atoms. The summed E-state index contributed by atoms with van der Waals surface area (Å²) in [6.07, 6.45) is 12.2. The standard InChI is InChI=1S/C14H29NO/c1-2-13-8-7-9-14(12-13)16-11-6-4-3-5-10-15/h13-14H,2-12,15H2,1H3. The second kappa shape index (κ2) is 9.00. The van der Waals surface area contributed by atoms with Crippen LogP contribution in [0.4, 0.5) is 0 Å². The van der Waals surface area contributed by atoms with Gasteiger partial charge in [0.05, 0.1) is 6.10 Å². The highest BCUT2D eigenvalue weighted by Crippen LogP contribution is 2.28. The van der Waals surface area contributed by atoms with Gasteiger partial charge in [0.25, 0.3) is 0 Å². The zero-order chi connectivity index (χ0) is 11.6. The molecule has 2 N–H and O–H groups in total. The first-order chi connectivity index (χ1) is 7.86. The predicted octanol–water partition coefficient (Wildman–Crippen LogP) is 3.49. The van der Waals surface area contributed by atoms with Crippen LogP contribution in [0.3, 0.4) is 0 Å². The third-order valence-electron chi connectivity index (χ3n) is 3.76. The van der Waals surface area contributed by atoms with Crippen LogP contribution in [0.25, 0.3) is 0 Å². The van der Waals surface area contributed by atoms with E-state index >= 15 is 0 Å². The lowest BCUT2D eigenvalue weighted by atomic mass is 9.85. The molecule has 0 aliphatic heterocycles. The first-order valence-electron chi connectivity index (χ1n) is 7.18. The van der Waals surface area contributed by atoms with Gasteiger partial charge in [0.2, 0.25) is 0 Å². The first kappa shape index (κ1) is 14.0. The van der Waals surface area contributed by atoms with Crippen molar-refractivity contribution in [1.82, 2.24) is 0 Å². The minimum atomic E-state index is 0.563. The molecule has 0 radical (unpaired) electrons. The van der Waals surface area contributed by atoms with Crippen LogP contribution in [0.15, 0.2) is 0 Å². The van der Waals surface area contributed by atoms with E-state index < -0.39 is 0 Å². The van der Waals surface area contributed by atoms with Gasteiger partial charge in [-0.2, -0.15) is 0 Å². The van der Waals surface area contributed by atoms with E-state index in [4.69, 9.17) is 10.5 Å². The minimum Gasteiger partial charge on any atom is -0.378 e. The smallest absolute Gasteiger partial charge is 0.0577 e. The van der Waals surface area contributed by atoms with Crippen LogP contribution >= 0.6 is 0 Å². The highest BCUT2D eigenvalue weighted by Gasteiger charge is 2.20. The molecule has 1 rings (SSSR count). The van der Waals surface area contributed by atoms with Crippen molar-refractivity contribution in [1.29, 1.82) is 0 Å². The quantitative estimate of drug-likeness (QED) is 0.644. The molecule has 0 heterocycles. The van der Waals surface area contributed by atoms with Gasteiger partial charge in [-0.05, 0) is 38.1 Å². The van der Waals surface area contributed by atoms with Crippen LogP contribution in [0.5, 0.6) is 0 Å². The summed E-state index contributed by atoms with van der Waals surface area (Å²) in [4.78, 5) is 0. The molecule has 1 saturated carbocycles. The van der Waals surface area contributed by atoms with Gasteiger partial charge in [0, 0.05) is 6.61 Å². The van der Waals surface area contributed by atoms with E-state index in [-0.39, 0.29) is 0 Å². The molecule has 1 aliphatic rings. The van der Waals surface area contributed by atoms with E-state index in [0.717, 1.165) is 19.1 Å². The molecule has 0 bridgehead atoms. The van der Waals surface area contributed by atoms with Crippen molar-refractivity contribution < 1.29 is 4.74 Å². The monoisotopic (exact) mass is 227 g/mol. The molecule has 1 fully saturated rings. The normalized spacial score (nSPS) is 25.9. The number of ether oxygens (including phenoxy) is 1. The number of hydrogen-bond acceptors (Lipinski definition) is 2. The average Bonchev–Trinajstić information content (AvgIpc) is 2.34. The summed E-state index contributed by atoms with van der Waals surface area (Å²) in [7, 11) is 0. The van der Waals surface area contributed by atoms with Gasteiger partial charge in [-0.1, -0.05) is 39.0 Å². The molecule has 0 aromatic carbocycles. The highest BCUT2D eigenvalue weighted by atomic mass is 16.5. The van der Waals surface area contributed by atoms with Crippen LogP contribution in [-0.2, 0) is 4.74 Å². The Morgan fingerprint density at radius 1 is 1.12 bits per heavy atom. The third kappa shape index (κ3) is 5.86. The molecule has 2 atom stereocenters. The Balaban J connectivity index is 1.95. The Bertz CT molecular complexity index is 161. The van der Waals surface area contributed by atoms with E-state index in [2.05, 4.69) is 6.92 Å². The maximum atomic E-state index is 5.96. The van der Waals surface area contributed by atoms with Crippen molar-refractivity contribution >= 4 is 0 Å². The lowest BCUT2D eigenvalue weighted by molar-refractivity contribution is 0.0107. The van der Waals surface area contributed by atoms with Crippen molar-refractivity contribution in [2.24, 2.45) is 11.7 Å². The fourth-order valence-electron chi connectivity index (χ4n) is 2.61. The van der Waals surface area contributed by atoms with E-state index in [1.165, 1.54) is 57.8 Å². The molecular formula is C14H29NO. The van der Waals surface area contributed by atoms with E-state index in [1.807, 2.05) is 0 Å². The van der Waals surface area contributed by atoms with Crippen LogP contribution in [0.1, 0.15) is 64.7 Å². The van der Waals surface area contributed by atoms with Gasteiger partial charge in [-0.15, -0.1) is 0 Å². The molecule has 0 spiro atoms. The zero-order valence-corrected chi connectivity index (χ0v) is 10.9. The molecule has 1 aliphatic carbocycles. The Labute approximate surface area is 101 Å². The Kier molecular flexibility index (Phi) is 7.87. The maximum absolute atomic E-state index is 5.96. The Morgan fingerprint density at radius 2 is 1.94 bits per heavy atom. The largest absolute Gasteiger partial charge is 0.378 e. The number of hydrogen-bond donors (Lipinski definition) is 1. The third-order valence-corrected chi connectivity index (χ3v) is 3.76. The second-order valence-corrected chi connectivity index (χ2v) is 5.14. The van der Waals surface area contributed by atoms with Gasteiger partial charge in [0.1, 0.15) is 0 Å². The van der Waals surface area contributed by atoms with E-state index in [0.29, 0.717) is 6.10 Å². The van der Waals surface area contributed by atoms with Gasteiger partial charge >= 0.3 is 0 Å². The summed E-state index contributed by atoms with van der Waals surface area (Å²) in [5.41, 5.74) is 5.46. The van der Waals surface area contributed by atoms with Crippen molar-refractivity contribution in [3.8, 4) is 0 Å². The molecule has 0 amide bonds. The van der Waals surface area contributed by atoms with Crippen molar-refractivity contribution in [3.05, 3.63) is 0 Å². The lowest BCUT2D eigenvalue weighted by Crippen LogP contribution is -2.23. The van der Waals surface area contributed by atoms with Gasteiger partial charge in [0.15, 0.2) is 0 Å². The topological polar surface area (TPSA) is 35.2 Å². The fourth-order valence-corrected chi connectivity index (χ4v) is 2.61. The summed E-state index contributed by atoms with van der Waals surface area (Å²) >= 11 is 0. The summed E-state index contributed by atoms with van der Waals surface area (Å²) in [5.74, 6) is 0.927. The summed E-state index contributed by atoms with van der Waals surface area (Å²) in [5, 5.41) is 0. The average molecular weight is 227 g/mol. The molecule has 0 aromatic rings. The number of nitrogens with two attached hydrogens (primary N) is 1. The van der Waals surface area contributed by atoms with E-state index in [9.17, 15) is 0 Å². The molecule has 2 nitrogen and oxygen atoms in total. The predicted molar refractivity (Wildman–Crippen MR) is 69.5 cm³/mol. The SMILES string of the molecule is CCC1CCCC(OCCCCCCN)C1.